The first-order chi connectivity index (χ1) is 15.3. The predicted molar refractivity (Wildman–Crippen MR) is 102 cm³/mol. The van der Waals surface area contributed by atoms with Crippen LogP contribution in [0.2, 0.25) is 0 Å². The van der Waals surface area contributed by atoms with Crippen LogP contribution in [0.5, 0.6) is 0 Å². The molecular formula is C20H15F6N4O3+. The van der Waals surface area contributed by atoms with E-state index in [-0.39, 0.29) is 17.3 Å². The summed E-state index contributed by atoms with van der Waals surface area (Å²) in [7, 11) is 1.03. The van der Waals surface area contributed by atoms with Crippen molar-refractivity contribution in [3.63, 3.8) is 0 Å². The van der Waals surface area contributed by atoms with Crippen LogP contribution in [0.4, 0.5) is 31.1 Å². The van der Waals surface area contributed by atoms with Crippen molar-refractivity contribution < 1.29 is 45.2 Å². The number of halogens is 6. The lowest BCUT2D eigenvalue weighted by Crippen LogP contribution is -2.51. The van der Waals surface area contributed by atoms with Gasteiger partial charge in [0.15, 0.2) is 5.70 Å². The van der Waals surface area contributed by atoms with Crippen molar-refractivity contribution in [2.45, 2.75) is 18.9 Å². The molecule has 1 aliphatic rings. The third kappa shape index (κ3) is 4.58. The van der Waals surface area contributed by atoms with Crippen molar-refractivity contribution in [2.75, 3.05) is 7.11 Å². The van der Waals surface area contributed by atoms with E-state index in [2.05, 4.69) is 14.7 Å². The highest BCUT2D eigenvalue weighted by atomic mass is 19.4. The number of benzene rings is 1. The van der Waals surface area contributed by atoms with Crippen LogP contribution in [0, 0.1) is 0 Å². The van der Waals surface area contributed by atoms with Crippen LogP contribution in [-0.4, -0.2) is 34.9 Å². The average molecular weight is 473 g/mol. The number of hydrogen-bond acceptors (Lipinski definition) is 5. The summed E-state index contributed by atoms with van der Waals surface area (Å²) in [5, 5.41) is 0. The van der Waals surface area contributed by atoms with E-state index in [1.165, 1.54) is 24.5 Å². The number of quaternary nitrogens is 1. The second-order valence-corrected chi connectivity index (χ2v) is 6.95. The first-order valence-corrected chi connectivity index (χ1v) is 9.04. The molecular weight excluding hydrogens is 458 g/mol. The van der Waals surface area contributed by atoms with Crippen LogP contribution in [0.3, 0.4) is 0 Å². The normalized spacial score (nSPS) is 18.5. The maximum Gasteiger partial charge on any atom is 0.425 e. The molecule has 1 aromatic carbocycles. The largest absolute Gasteiger partial charge is 0.464 e. The Labute approximate surface area is 182 Å². The van der Waals surface area contributed by atoms with Crippen molar-refractivity contribution in [3.8, 4) is 0 Å². The first kappa shape index (κ1) is 23.9. The number of nitrogens with two attached hydrogens (primary N) is 1. The number of esters is 1. The molecule has 33 heavy (non-hydrogen) atoms. The zero-order chi connectivity index (χ0) is 24.6. The average Bonchev–Trinajstić information content (AvgIpc) is 3.12. The summed E-state index contributed by atoms with van der Waals surface area (Å²) < 4.78 is 83.2. The topological polar surface area (TPSA) is 94.6 Å². The SMILES string of the molecule is COC(=O)C1=C(c2cccnc2)[N+](Cc2cc(C(F)(F)F)cc(C(F)(F)F)c2)(C(N)=O)C=N1. The van der Waals surface area contributed by atoms with Crippen molar-refractivity contribution in [3.05, 3.63) is 70.7 Å². The van der Waals surface area contributed by atoms with Crippen LogP contribution in [0.15, 0.2) is 53.4 Å². The summed E-state index contributed by atoms with van der Waals surface area (Å²) in [6, 6.07) is 2.57. The summed E-state index contributed by atoms with van der Waals surface area (Å²) in [5.74, 6) is -0.994. The molecule has 0 saturated heterocycles. The first-order valence-electron chi connectivity index (χ1n) is 9.04. The van der Waals surface area contributed by atoms with Crippen molar-refractivity contribution >= 4 is 24.0 Å². The molecule has 2 amide bonds. The van der Waals surface area contributed by atoms with Crippen molar-refractivity contribution in [1.82, 2.24) is 4.98 Å². The van der Waals surface area contributed by atoms with Gasteiger partial charge < -0.3 is 10.5 Å². The molecule has 174 valence electrons. The van der Waals surface area contributed by atoms with Gasteiger partial charge in [0.05, 0.1) is 23.8 Å². The fraction of sp³-hybridized carbons (Fsp3) is 0.200. The van der Waals surface area contributed by atoms with Crippen LogP contribution in [0.25, 0.3) is 5.70 Å². The summed E-state index contributed by atoms with van der Waals surface area (Å²) in [6.07, 6.45) is -6.71. The van der Waals surface area contributed by atoms with Crippen molar-refractivity contribution in [1.29, 1.82) is 0 Å². The highest BCUT2D eigenvalue weighted by Gasteiger charge is 2.48. The number of rotatable bonds is 4. The Balaban J connectivity index is 2.25. The fourth-order valence-corrected chi connectivity index (χ4v) is 3.34. The molecule has 2 heterocycles. The lowest BCUT2D eigenvalue weighted by atomic mass is 10.0. The van der Waals surface area contributed by atoms with Gasteiger partial charge in [-0.15, -0.1) is 0 Å². The molecule has 1 aliphatic heterocycles. The second-order valence-electron chi connectivity index (χ2n) is 6.95. The van der Waals surface area contributed by atoms with E-state index in [1.807, 2.05) is 0 Å². The minimum absolute atomic E-state index is 0.0338. The molecule has 1 aromatic heterocycles. The number of hydrogen-bond donors (Lipinski definition) is 1. The van der Waals surface area contributed by atoms with Gasteiger partial charge in [0.1, 0.15) is 6.54 Å². The van der Waals surface area contributed by atoms with Gasteiger partial charge >= 0.3 is 24.4 Å². The molecule has 0 spiro atoms. The van der Waals surface area contributed by atoms with Gasteiger partial charge in [-0.1, -0.05) is 0 Å². The molecule has 0 radical (unpaired) electrons. The van der Waals surface area contributed by atoms with Gasteiger partial charge in [-0.3, -0.25) is 4.98 Å². The zero-order valence-electron chi connectivity index (χ0n) is 16.7. The number of ether oxygens (including phenoxy) is 1. The van der Waals surface area contributed by atoms with Gasteiger partial charge in [-0.2, -0.15) is 35.8 Å². The third-order valence-corrected chi connectivity index (χ3v) is 4.79. The van der Waals surface area contributed by atoms with Crippen LogP contribution in [-0.2, 0) is 28.4 Å². The van der Waals surface area contributed by atoms with E-state index in [0.29, 0.717) is 12.1 Å². The Morgan fingerprint density at radius 3 is 2.12 bits per heavy atom. The standard InChI is InChI=1S/C20H14F6N4O3/c1-33-17(31)15-16(12-3-2-4-28-8-12)30(10-29-15,18(27)32)9-11-5-13(19(21,22)23)7-14(6-11)20(24,25)26/h2-8,10H,9H2,1H3,(H-,27,32)/p+1. The van der Waals surface area contributed by atoms with E-state index in [4.69, 9.17) is 5.73 Å². The molecule has 7 nitrogen and oxygen atoms in total. The van der Waals surface area contributed by atoms with Gasteiger partial charge in [0.2, 0.25) is 12.0 Å². The monoisotopic (exact) mass is 473 g/mol. The molecule has 2 N–H and O–H groups in total. The van der Waals surface area contributed by atoms with E-state index < -0.39 is 57.8 Å². The van der Waals surface area contributed by atoms with Crippen molar-refractivity contribution in [2.24, 2.45) is 10.7 Å². The fourth-order valence-electron chi connectivity index (χ4n) is 3.34. The van der Waals surface area contributed by atoms with Crippen LogP contribution < -0.4 is 5.73 Å². The number of amides is 2. The minimum Gasteiger partial charge on any atom is -0.464 e. The van der Waals surface area contributed by atoms with Crippen LogP contribution in [0.1, 0.15) is 22.3 Å². The predicted octanol–water partition coefficient (Wildman–Crippen LogP) is 4.10. The van der Waals surface area contributed by atoms with Gasteiger partial charge in [0, 0.05) is 18.0 Å². The summed E-state index contributed by atoms with van der Waals surface area (Å²) in [6.45, 7) is -0.795. The maximum atomic E-state index is 13.3. The number of alkyl halides is 6. The number of pyridine rings is 1. The Morgan fingerprint density at radius 2 is 1.67 bits per heavy atom. The Hall–Kier alpha value is -3.74. The Bertz CT molecular complexity index is 1130. The molecule has 0 saturated carbocycles. The number of aliphatic imine (C=N–C) groups is 1. The van der Waals surface area contributed by atoms with Gasteiger partial charge in [0.25, 0.3) is 0 Å². The molecule has 0 fully saturated rings. The van der Waals surface area contributed by atoms with E-state index >= 15 is 0 Å². The number of methoxy groups -OCH3 is 1. The van der Waals surface area contributed by atoms with E-state index in [0.717, 1.165) is 13.4 Å². The molecule has 1 unspecified atom stereocenters. The minimum atomic E-state index is -5.09. The molecule has 3 rings (SSSR count). The number of nitrogens with zero attached hydrogens (tertiary/aromatic N) is 3. The maximum absolute atomic E-state index is 13.3. The highest BCUT2D eigenvalue weighted by molar-refractivity contribution is 6.02. The molecule has 0 bridgehead atoms. The van der Waals surface area contributed by atoms with Gasteiger partial charge in [-0.05, 0) is 30.3 Å². The summed E-state index contributed by atoms with van der Waals surface area (Å²) in [5.41, 5.74) is 1.44. The van der Waals surface area contributed by atoms with E-state index in [1.54, 1.807) is 0 Å². The number of urea groups is 1. The molecule has 2 aromatic rings. The summed E-state index contributed by atoms with van der Waals surface area (Å²) >= 11 is 0. The third-order valence-electron chi connectivity index (χ3n) is 4.79. The van der Waals surface area contributed by atoms with Gasteiger partial charge in [-0.25, -0.2) is 9.59 Å². The molecule has 1 atom stereocenters. The molecule has 13 heteroatoms. The molecule has 0 aliphatic carbocycles. The number of carbonyl (C=O) groups is 2. The quantitative estimate of drug-likeness (QED) is 0.411. The second kappa shape index (κ2) is 8.31. The Kier molecular flexibility index (Phi) is 6.02. The lowest BCUT2D eigenvalue weighted by molar-refractivity contribution is -0.683. The smallest absolute Gasteiger partial charge is 0.425 e. The Morgan fingerprint density at radius 1 is 1.06 bits per heavy atom. The van der Waals surface area contributed by atoms with Crippen LogP contribution >= 0.6 is 0 Å². The zero-order valence-corrected chi connectivity index (χ0v) is 16.7. The highest BCUT2D eigenvalue weighted by Crippen LogP contribution is 2.40. The number of primary amides is 1. The lowest BCUT2D eigenvalue weighted by Gasteiger charge is -2.28. The summed E-state index contributed by atoms with van der Waals surface area (Å²) in [4.78, 5) is 32.6. The number of aromatic nitrogens is 1. The number of carbonyl (C=O) groups excluding carboxylic acids is 2. The van der Waals surface area contributed by atoms with E-state index in [9.17, 15) is 35.9 Å².